The number of amides is 2. The molecule has 0 aliphatic carbocycles. The van der Waals surface area contributed by atoms with Gasteiger partial charge >= 0.3 is 6.09 Å². The topological polar surface area (TPSA) is 96.6 Å². The average molecular weight is 531 g/mol. The summed E-state index contributed by atoms with van der Waals surface area (Å²) >= 11 is 1.36. The van der Waals surface area contributed by atoms with Gasteiger partial charge in [-0.1, -0.05) is 17.4 Å². The van der Waals surface area contributed by atoms with Crippen LogP contribution in [0.5, 0.6) is 0 Å². The molecule has 0 spiro atoms. The molecule has 202 valence electrons. The lowest BCUT2D eigenvalue weighted by atomic mass is 10.1. The first kappa shape index (κ1) is 27.3. The molecule has 9 nitrogen and oxygen atoms in total. The smallest absolute Gasteiger partial charge is 0.410 e. The molecule has 1 atom stereocenters. The van der Waals surface area contributed by atoms with Crippen LogP contribution in [0, 0.1) is 0 Å². The van der Waals surface area contributed by atoms with E-state index >= 15 is 0 Å². The van der Waals surface area contributed by atoms with Crippen molar-refractivity contribution in [1.29, 1.82) is 0 Å². The van der Waals surface area contributed by atoms with Gasteiger partial charge in [-0.05, 0) is 70.6 Å². The zero-order valence-electron chi connectivity index (χ0n) is 22.2. The van der Waals surface area contributed by atoms with Gasteiger partial charge in [0.05, 0.1) is 17.1 Å². The molecule has 2 amide bonds. The maximum Gasteiger partial charge on any atom is 0.410 e. The summed E-state index contributed by atoms with van der Waals surface area (Å²) in [5.41, 5.74) is 2.13. The largest absolute Gasteiger partial charge is 0.444 e. The van der Waals surface area contributed by atoms with Gasteiger partial charge in [0.15, 0.2) is 4.96 Å². The van der Waals surface area contributed by atoms with E-state index in [1.54, 1.807) is 16.8 Å². The summed E-state index contributed by atoms with van der Waals surface area (Å²) in [6.45, 7) is 8.09. The Morgan fingerprint density at radius 2 is 2.08 bits per heavy atom. The molecular weight excluding hydrogens is 492 g/mol. The minimum absolute atomic E-state index is 0.0528. The maximum atomic E-state index is 13.0. The molecule has 10 heteroatoms. The first-order valence-electron chi connectivity index (χ1n) is 13.0. The van der Waals surface area contributed by atoms with Gasteiger partial charge < -0.3 is 24.4 Å². The first-order valence-corrected chi connectivity index (χ1v) is 13.8. The van der Waals surface area contributed by atoms with Crippen molar-refractivity contribution >= 4 is 39.3 Å². The second-order valence-electron chi connectivity index (χ2n) is 10.7. The predicted molar refractivity (Wildman–Crippen MR) is 144 cm³/mol. The number of carbonyl (C=O) groups excluding carboxylic acids is 2. The van der Waals surface area contributed by atoms with Crippen molar-refractivity contribution in [1.82, 2.24) is 19.2 Å². The number of ether oxygens (including phenoxy) is 2. The number of imidazole rings is 1. The number of aliphatic hydroxyl groups is 1. The van der Waals surface area contributed by atoms with Crippen LogP contribution in [0.15, 0.2) is 24.4 Å². The van der Waals surface area contributed by atoms with Crippen LogP contribution in [0.3, 0.4) is 0 Å². The lowest BCUT2D eigenvalue weighted by Gasteiger charge is -2.28. The van der Waals surface area contributed by atoms with Crippen LogP contribution < -0.4 is 0 Å². The van der Waals surface area contributed by atoms with Crippen molar-refractivity contribution in [2.24, 2.45) is 0 Å². The van der Waals surface area contributed by atoms with Crippen molar-refractivity contribution < 1.29 is 24.2 Å². The van der Waals surface area contributed by atoms with Gasteiger partial charge in [-0.25, -0.2) is 9.78 Å². The van der Waals surface area contributed by atoms with E-state index in [1.807, 2.05) is 49.6 Å². The fourth-order valence-corrected chi connectivity index (χ4v) is 5.45. The molecule has 0 bridgehead atoms. The molecule has 1 unspecified atom stereocenters. The Bertz CT molecular complexity index is 1220. The number of thiazole rings is 1. The molecule has 1 aliphatic heterocycles. The lowest BCUT2D eigenvalue weighted by molar-refractivity contribution is 0.0190. The third kappa shape index (κ3) is 7.00. The quantitative estimate of drug-likeness (QED) is 0.382. The molecular formula is C27H38N4O5S. The normalized spacial score (nSPS) is 16.0. The standard InChI is InChI=1S/C27H38N4O5S/c1-27(2,3)36-26(34)30(13-11-20-8-7-15-35-20)17-19-9-10-21-22(16-19)31-18-23(37-25(31)28-21)24(33)29(4)12-5-6-14-32/h9-10,16,18,20,32H,5-8,11-15,17H2,1-4H3. The number of carbonyl (C=O) groups is 2. The molecule has 1 aromatic carbocycles. The molecule has 0 radical (unpaired) electrons. The van der Waals surface area contributed by atoms with Crippen LogP contribution in [-0.4, -0.2) is 81.3 Å². The van der Waals surface area contributed by atoms with Crippen molar-refractivity contribution in [3.63, 3.8) is 0 Å². The molecule has 2 aromatic heterocycles. The third-order valence-corrected chi connectivity index (χ3v) is 7.37. The van der Waals surface area contributed by atoms with Gasteiger partial charge in [0.1, 0.15) is 10.5 Å². The van der Waals surface area contributed by atoms with Crippen molar-refractivity contribution in [3.05, 3.63) is 34.8 Å². The summed E-state index contributed by atoms with van der Waals surface area (Å²) in [4.78, 5) is 35.4. The van der Waals surface area contributed by atoms with Crippen LogP contribution in [0.25, 0.3) is 16.0 Å². The fraction of sp³-hybridized carbons (Fsp3) is 0.593. The Morgan fingerprint density at radius 1 is 1.27 bits per heavy atom. The minimum atomic E-state index is -0.578. The van der Waals surface area contributed by atoms with Crippen LogP contribution in [0.4, 0.5) is 4.79 Å². The number of benzene rings is 1. The second kappa shape index (κ2) is 11.8. The number of aliphatic hydroxyl groups excluding tert-OH is 1. The lowest BCUT2D eigenvalue weighted by Crippen LogP contribution is -2.38. The second-order valence-corrected chi connectivity index (χ2v) is 11.7. The zero-order valence-corrected chi connectivity index (χ0v) is 23.1. The average Bonchev–Trinajstić information content (AvgIpc) is 3.57. The summed E-state index contributed by atoms with van der Waals surface area (Å²) in [7, 11) is 1.78. The number of hydrogen-bond acceptors (Lipinski definition) is 7. The monoisotopic (exact) mass is 530 g/mol. The van der Waals surface area contributed by atoms with Crippen LogP contribution in [0.1, 0.15) is 68.1 Å². The highest BCUT2D eigenvalue weighted by Gasteiger charge is 2.25. The molecule has 3 heterocycles. The number of hydrogen-bond donors (Lipinski definition) is 1. The molecule has 37 heavy (non-hydrogen) atoms. The van der Waals surface area contributed by atoms with Gasteiger partial charge in [0.2, 0.25) is 0 Å². The predicted octanol–water partition coefficient (Wildman–Crippen LogP) is 4.70. The number of fused-ring (bicyclic) bond motifs is 3. The molecule has 3 aromatic rings. The first-order chi connectivity index (χ1) is 17.6. The van der Waals surface area contributed by atoms with Crippen LogP contribution in [-0.2, 0) is 16.0 Å². The van der Waals surface area contributed by atoms with E-state index in [2.05, 4.69) is 0 Å². The highest BCUT2D eigenvalue weighted by molar-refractivity contribution is 7.18. The van der Waals surface area contributed by atoms with Gasteiger partial charge in [-0.2, -0.15) is 0 Å². The Morgan fingerprint density at radius 3 is 2.78 bits per heavy atom. The van der Waals surface area contributed by atoms with E-state index < -0.39 is 5.60 Å². The summed E-state index contributed by atoms with van der Waals surface area (Å²) in [6, 6.07) is 5.98. The Balaban J connectivity index is 1.53. The highest BCUT2D eigenvalue weighted by atomic mass is 32.1. The van der Waals surface area contributed by atoms with Crippen molar-refractivity contribution in [2.75, 3.05) is 33.4 Å². The van der Waals surface area contributed by atoms with E-state index in [0.717, 1.165) is 53.8 Å². The SMILES string of the molecule is CN(CCCCO)C(=O)c1cn2c(nc3ccc(CN(CCC4CCCO4)C(=O)OC(C)(C)C)cc32)s1. The van der Waals surface area contributed by atoms with E-state index in [0.29, 0.717) is 30.9 Å². The maximum absolute atomic E-state index is 13.0. The zero-order chi connectivity index (χ0) is 26.6. The number of nitrogens with zero attached hydrogens (tertiary/aromatic N) is 4. The van der Waals surface area contributed by atoms with E-state index in [1.165, 1.54) is 11.3 Å². The Labute approximate surface area is 222 Å². The van der Waals surface area contributed by atoms with Crippen LogP contribution in [0.2, 0.25) is 0 Å². The summed E-state index contributed by atoms with van der Waals surface area (Å²) in [5.74, 6) is -0.0528. The summed E-state index contributed by atoms with van der Waals surface area (Å²) in [6.07, 6.45) is 5.99. The van der Waals surface area contributed by atoms with Crippen molar-refractivity contribution in [3.8, 4) is 0 Å². The molecule has 1 saturated heterocycles. The number of rotatable bonds is 10. The number of unbranched alkanes of at least 4 members (excludes halogenated alkanes) is 1. The minimum Gasteiger partial charge on any atom is -0.444 e. The van der Waals surface area contributed by atoms with Gasteiger partial charge in [-0.15, -0.1) is 0 Å². The molecule has 0 saturated carbocycles. The van der Waals surface area contributed by atoms with Crippen LogP contribution >= 0.6 is 11.3 Å². The Kier molecular flexibility index (Phi) is 8.71. The van der Waals surface area contributed by atoms with Gasteiger partial charge in [0.25, 0.3) is 5.91 Å². The highest BCUT2D eigenvalue weighted by Crippen LogP contribution is 2.26. The molecule has 1 N–H and O–H groups in total. The van der Waals surface area contributed by atoms with Gasteiger partial charge in [-0.3, -0.25) is 9.20 Å². The third-order valence-electron chi connectivity index (χ3n) is 6.40. The fourth-order valence-electron chi connectivity index (χ4n) is 4.46. The summed E-state index contributed by atoms with van der Waals surface area (Å²) in [5, 5.41) is 8.99. The Hall–Kier alpha value is -2.69. The molecule has 1 fully saturated rings. The van der Waals surface area contributed by atoms with E-state index in [9.17, 15) is 9.59 Å². The van der Waals surface area contributed by atoms with E-state index in [4.69, 9.17) is 19.6 Å². The van der Waals surface area contributed by atoms with Crippen molar-refractivity contribution in [2.45, 2.75) is 71.1 Å². The van der Waals surface area contributed by atoms with Gasteiger partial charge in [0, 0.05) is 46.1 Å². The number of aromatic nitrogens is 2. The summed E-state index contributed by atoms with van der Waals surface area (Å²) < 4.78 is 13.4. The van der Waals surface area contributed by atoms with E-state index in [-0.39, 0.29) is 24.7 Å². The molecule has 1 aliphatic rings. The molecule has 4 rings (SSSR count).